The molecule has 68 valence electrons. The van der Waals surface area contributed by atoms with Gasteiger partial charge in [-0.05, 0) is 0 Å². The molecule has 0 aromatic rings. The van der Waals surface area contributed by atoms with Gasteiger partial charge in [0.1, 0.15) is 19.1 Å². The van der Waals surface area contributed by atoms with Crippen molar-refractivity contribution >= 4 is 81.4 Å². The third-order valence-corrected chi connectivity index (χ3v) is 4.96. The van der Waals surface area contributed by atoms with E-state index < -0.39 is 19.1 Å². The van der Waals surface area contributed by atoms with Crippen molar-refractivity contribution in [2.24, 2.45) is 0 Å². The molecule has 7 heteroatoms. The molecule has 0 saturated carbocycles. The van der Waals surface area contributed by atoms with Gasteiger partial charge in [-0.15, -0.1) is 81.4 Å². The second-order valence-electron chi connectivity index (χ2n) is 1.51. The lowest BCUT2D eigenvalue weighted by atomic mass is 10.9. The summed E-state index contributed by atoms with van der Waals surface area (Å²) in [6.45, 7) is 0. The highest BCUT2D eigenvalue weighted by molar-refractivity contribution is 8.03. The van der Waals surface area contributed by atoms with Crippen molar-refractivity contribution in [3.05, 3.63) is 0 Å². The van der Waals surface area contributed by atoms with E-state index in [1.165, 1.54) is 0 Å². The maximum Gasteiger partial charge on any atom is 0.133 e. The number of alkyl halides is 6. The van der Waals surface area contributed by atoms with Crippen LogP contribution < -0.4 is 0 Å². The van der Waals surface area contributed by atoms with Gasteiger partial charge in [-0.1, -0.05) is 0 Å². The van der Waals surface area contributed by atoms with Crippen molar-refractivity contribution in [1.29, 1.82) is 0 Å². The number of hydrogen-bond acceptors (Lipinski definition) is 1. The summed E-state index contributed by atoms with van der Waals surface area (Å²) < 4.78 is -0.998. The van der Waals surface area contributed by atoms with E-state index in [0.29, 0.717) is 0 Å². The van der Waals surface area contributed by atoms with Gasteiger partial charge in [-0.25, -0.2) is 0 Å². The predicted molar refractivity (Wildman–Crippen MR) is 57.9 cm³/mol. The van der Waals surface area contributed by atoms with E-state index >= 15 is 0 Å². The Labute approximate surface area is 99.8 Å². The van der Waals surface area contributed by atoms with Crippen molar-refractivity contribution in [2.45, 2.75) is 19.1 Å². The summed E-state index contributed by atoms with van der Waals surface area (Å²) in [4.78, 5) is -1.37. The molecule has 0 aromatic carbocycles. The molecule has 0 amide bonds. The average Bonchev–Trinajstić information content (AvgIpc) is 1.87. The summed E-state index contributed by atoms with van der Waals surface area (Å²) in [5, 5.41) is 0. The molecular weight excluding hydrogens is 293 g/mol. The zero-order valence-electron chi connectivity index (χ0n) is 4.99. The fourth-order valence-electron chi connectivity index (χ4n) is 0.243. The van der Waals surface area contributed by atoms with Crippen LogP contribution in [0.5, 0.6) is 0 Å². The minimum atomic E-state index is -0.685. The molecule has 0 nitrogen and oxygen atoms in total. The van der Waals surface area contributed by atoms with E-state index in [9.17, 15) is 0 Å². The Morgan fingerprint density at radius 3 is 1.09 bits per heavy atom. The van der Waals surface area contributed by atoms with Gasteiger partial charge in [0.05, 0.1) is 0 Å². The SMILES string of the molecule is ClC(Cl)C(Cl)SC(Cl)C(Cl)Cl. The zero-order valence-corrected chi connectivity index (χ0v) is 10.3. The summed E-state index contributed by atoms with van der Waals surface area (Å²) in [6, 6.07) is 0. The van der Waals surface area contributed by atoms with Gasteiger partial charge < -0.3 is 0 Å². The zero-order chi connectivity index (χ0) is 9.02. The van der Waals surface area contributed by atoms with Crippen molar-refractivity contribution < 1.29 is 0 Å². The van der Waals surface area contributed by atoms with Gasteiger partial charge in [0.2, 0.25) is 0 Å². The topological polar surface area (TPSA) is 0 Å². The fourth-order valence-corrected chi connectivity index (χ4v) is 2.26. The molecule has 0 aliphatic heterocycles. The summed E-state index contributed by atoms with van der Waals surface area (Å²) in [5.41, 5.74) is 0. The van der Waals surface area contributed by atoms with E-state index in [2.05, 4.69) is 0 Å². The average molecular weight is 297 g/mol. The highest BCUT2D eigenvalue weighted by Crippen LogP contribution is 2.34. The lowest BCUT2D eigenvalue weighted by molar-refractivity contribution is 1.25. The van der Waals surface area contributed by atoms with Crippen LogP contribution in [0, 0.1) is 0 Å². The lowest BCUT2D eigenvalue weighted by Crippen LogP contribution is -2.12. The highest BCUT2D eigenvalue weighted by Gasteiger charge is 2.22. The minimum absolute atomic E-state index is 0.499. The second kappa shape index (κ2) is 6.53. The first-order valence-electron chi connectivity index (χ1n) is 2.45. The molecule has 2 atom stereocenters. The molecule has 0 bridgehead atoms. The quantitative estimate of drug-likeness (QED) is 0.690. The summed E-state index contributed by atoms with van der Waals surface area (Å²) >= 11 is 34.2. The maximum absolute atomic E-state index is 5.65. The molecule has 0 N–H and O–H groups in total. The van der Waals surface area contributed by atoms with Crippen LogP contribution in [0.4, 0.5) is 0 Å². The third kappa shape index (κ3) is 6.20. The Morgan fingerprint density at radius 2 is 0.909 bits per heavy atom. The lowest BCUT2D eigenvalue weighted by Gasteiger charge is -2.14. The van der Waals surface area contributed by atoms with Crippen LogP contribution in [0.3, 0.4) is 0 Å². The first-order valence-corrected chi connectivity index (χ1v) is 6.01. The van der Waals surface area contributed by atoms with Gasteiger partial charge in [-0.3, -0.25) is 0 Å². The standard InChI is InChI=1S/C4H4Cl6S/c5-1(6)3(9)11-4(10)2(7)8/h1-4H. The number of halogens is 6. The number of rotatable bonds is 4. The summed E-state index contributed by atoms with van der Waals surface area (Å²) in [6.07, 6.45) is 0. The molecule has 0 spiro atoms. The van der Waals surface area contributed by atoms with Gasteiger partial charge in [-0.2, -0.15) is 0 Å². The number of thioether (sulfide) groups is 1. The Morgan fingerprint density at radius 1 is 0.636 bits per heavy atom. The third-order valence-electron chi connectivity index (χ3n) is 0.656. The van der Waals surface area contributed by atoms with Crippen LogP contribution in [0.15, 0.2) is 0 Å². The Kier molecular flexibility index (Phi) is 7.77. The van der Waals surface area contributed by atoms with Crippen molar-refractivity contribution in [3.8, 4) is 0 Å². The van der Waals surface area contributed by atoms with Crippen LogP contribution in [-0.4, -0.2) is 19.1 Å². The highest BCUT2D eigenvalue weighted by atomic mass is 35.5. The fraction of sp³-hybridized carbons (Fsp3) is 1.00. The first kappa shape index (κ1) is 13.1. The predicted octanol–water partition coefficient (Wildman–Crippen LogP) is 4.46. The second-order valence-corrected chi connectivity index (χ2v) is 6.58. The molecule has 0 saturated heterocycles. The number of hydrogen-bond donors (Lipinski definition) is 0. The van der Waals surface area contributed by atoms with Gasteiger partial charge in [0, 0.05) is 0 Å². The van der Waals surface area contributed by atoms with Gasteiger partial charge in [0.25, 0.3) is 0 Å². The Bertz CT molecular complexity index is 94.8. The van der Waals surface area contributed by atoms with E-state index in [1.54, 1.807) is 0 Å². The van der Waals surface area contributed by atoms with Crippen molar-refractivity contribution in [3.63, 3.8) is 0 Å². The monoisotopic (exact) mass is 294 g/mol. The van der Waals surface area contributed by atoms with E-state index in [-0.39, 0.29) is 0 Å². The molecule has 2 unspecified atom stereocenters. The summed E-state index contributed by atoms with van der Waals surface area (Å²) in [7, 11) is 0. The van der Waals surface area contributed by atoms with Crippen LogP contribution in [-0.2, 0) is 0 Å². The van der Waals surface area contributed by atoms with Crippen molar-refractivity contribution in [2.75, 3.05) is 0 Å². The van der Waals surface area contributed by atoms with Crippen LogP contribution in [0.25, 0.3) is 0 Å². The molecule has 0 aliphatic carbocycles. The first-order chi connectivity index (χ1) is 4.95. The normalized spacial score (nSPS) is 17.5. The maximum atomic E-state index is 5.65. The van der Waals surface area contributed by atoms with Crippen LogP contribution in [0.2, 0.25) is 0 Å². The molecular formula is C4H4Cl6S. The Hall–Kier alpha value is 2.09. The van der Waals surface area contributed by atoms with Gasteiger partial charge in [0.15, 0.2) is 0 Å². The van der Waals surface area contributed by atoms with Crippen molar-refractivity contribution in [1.82, 2.24) is 0 Å². The Balaban J connectivity index is 3.66. The molecule has 0 rings (SSSR count). The van der Waals surface area contributed by atoms with Crippen LogP contribution in [0.1, 0.15) is 0 Å². The smallest absolute Gasteiger partial charge is 0.117 e. The minimum Gasteiger partial charge on any atom is -0.117 e. The molecule has 11 heavy (non-hydrogen) atoms. The van der Waals surface area contributed by atoms with E-state index in [1.807, 2.05) is 0 Å². The van der Waals surface area contributed by atoms with Gasteiger partial charge >= 0.3 is 0 Å². The molecule has 0 aliphatic rings. The molecule has 0 heterocycles. The van der Waals surface area contributed by atoms with Crippen LogP contribution >= 0.6 is 81.4 Å². The molecule has 0 radical (unpaired) electrons. The molecule has 0 fully saturated rings. The van der Waals surface area contributed by atoms with E-state index in [0.717, 1.165) is 11.8 Å². The van der Waals surface area contributed by atoms with E-state index in [4.69, 9.17) is 69.6 Å². The largest absolute Gasteiger partial charge is 0.133 e. The molecule has 0 aromatic heterocycles. The summed E-state index contributed by atoms with van der Waals surface area (Å²) in [5.74, 6) is 0.